The molecule has 1 amide bonds. The van der Waals surface area contributed by atoms with E-state index in [-0.39, 0.29) is 5.91 Å². The molecule has 0 bridgehead atoms. The summed E-state index contributed by atoms with van der Waals surface area (Å²) in [5.74, 6) is 0.172. The van der Waals surface area contributed by atoms with Crippen molar-refractivity contribution in [3.8, 4) is 0 Å². The first-order valence-corrected chi connectivity index (χ1v) is 7.61. The molecular formula is C16H24ClNO. The number of carbonyl (C=O) groups excluding carboxylic acids is 1. The predicted octanol–water partition coefficient (Wildman–Crippen LogP) is 4.36. The van der Waals surface area contributed by atoms with Crippen molar-refractivity contribution in [2.75, 3.05) is 6.54 Å². The summed E-state index contributed by atoms with van der Waals surface area (Å²) in [4.78, 5) is 11.6. The van der Waals surface area contributed by atoms with Gasteiger partial charge in [0.05, 0.1) is 0 Å². The number of halogens is 1. The molecular weight excluding hydrogens is 258 g/mol. The van der Waals surface area contributed by atoms with Crippen LogP contribution in [0.5, 0.6) is 0 Å². The highest BCUT2D eigenvalue weighted by Crippen LogP contribution is 2.11. The minimum absolute atomic E-state index is 0.172. The molecule has 0 radical (unpaired) electrons. The topological polar surface area (TPSA) is 29.1 Å². The Morgan fingerprint density at radius 2 is 1.84 bits per heavy atom. The summed E-state index contributed by atoms with van der Waals surface area (Å²) >= 11 is 5.83. The summed E-state index contributed by atoms with van der Waals surface area (Å²) in [5, 5.41) is 3.73. The Morgan fingerprint density at radius 1 is 1.11 bits per heavy atom. The molecule has 0 heterocycles. The largest absolute Gasteiger partial charge is 0.356 e. The molecule has 0 spiro atoms. The molecule has 0 atom stereocenters. The number of hydrogen-bond donors (Lipinski definition) is 1. The second-order valence-electron chi connectivity index (χ2n) is 4.89. The first-order valence-electron chi connectivity index (χ1n) is 7.23. The highest BCUT2D eigenvalue weighted by molar-refractivity contribution is 6.30. The summed E-state index contributed by atoms with van der Waals surface area (Å²) in [6.45, 7) is 3.01. The van der Waals surface area contributed by atoms with Crippen molar-refractivity contribution < 1.29 is 4.79 Å². The molecule has 1 N–H and O–H groups in total. The van der Waals surface area contributed by atoms with E-state index < -0.39 is 0 Å². The van der Waals surface area contributed by atoms with Crippen LogP contribution < -0.4 is 5.32 Å². The second kappa shape index (κ2) is 9.85. The molecule has 1 aromatic carbocycles. The maximum atomic E-state index is 11.6. The molecule has 0 aliphatic heterocycles. The van der Waals surface area contributed by atoms with Gasteiger partial charge in [0.2, 0.25) is 5.91 Å². The molecule has 1 rings (SSSR count). The molecule has 2 nitrogen and oxygen atoms in total. The van der Waals surface area contributed by atoms with Crippen LogP contribution in [0.2, 0.25) is 5.02 Å². The van der Waals surface area contributed by atoms with Gasteiger partial charge in [-0.1, -0.05) is 49.9 Å². The van der Waals surface area contributed by atoms with Crippen LogP contribution in [0.25, 0.3) is 0 Å². The van der Waals surface area contributed by atoms with Gasteiger partial charge >= 0.3 is 0 Å². The number of rotatable bonds is 9. The number of amides is 1. The summed E-state index contributed by atoms with van der Waals surface area (Å²) in [5.41, 5.74) is 1.24. The SMILES string of the molecule is CCCCCCNC(=O)CCCc1ccc(Cl)cc1. The number of unbranched alkanes of at least 4 members (excludes halogenated alkanes) is 3. The molecule has 19 heavy (non-hydrogen) atoms. The minimum atomic E-state index is 0.172. The van der Waals surface area contributed by atoms with E-state index >= 15 is 0 Å². The molecule has 0 aromatic heterocycles. The third-order valence-electron chi connectivity index (χ3n) is 3.14. The lowest BCUT2D eigenvalue weighted by molar-refractivity contribution is -0.121. The quantitative estimate of drug-likeness (QED) is 0.670. The molecule has 0 aliphatic carbocycles. The normalized spacial score (nSPS) is 10.4. The molecule has 1 aromatic rings. The fourth-order valence-electron chi connectivity index (χ4n) is 1.97. The number of nitrogens with one attached hydrogen (secondary N) is 1. The van der Waals surface area contributed by atoms with E-state index in [1.165, 1.54) is 24.8 Å². The lowest BCUT2D eigenvalue weighted by Gasteiger charge is -2.05. The lowest BCUT2D eigenvalue weighted by Crippen LogP contribution is -2.24. The van der Waals surface area contributed by atoms with E-state index in [4.69, 9.17) is 11.6 Å². The second-order valence-corrected chi connectivity index (χ2v) is 5.33. The standard InChI is InChI=1S/C16H24ClNO/c1-2-3-4-5-13-18-16(19)8-6-7-14-9-11-15(17)12-10-14/h9-12H,2-8,13H2,1H3,(H,18,19). The number of carbonyl (C=O) groups is 1. The van der Waals surface area contributed by atoms with Crippen molar-refractivity contribution in [3.05, 3.63) is 34.9 Å². The maximum Gasteiger partial charge on any atom is 0.220 e. The van der Waals surface area contributed by atoms with Crippen LogP contribution in [-0.4, -0.2) is 12.5 Å². The Morgan fingerprint density at radius 3 is 2.53 bits per heavy atom. The zero-order valence-corrected chi connectivity index (χ0v) is 12.5. The Balaban J connectivity index is 2.05. The third kappa shape index (κ3) is 7.89. The van der Waals surface area contributed by atoms with Crippen LogP contribution in [0, 0.1) is 0 Å². The van der Waals surface area contributed by atoms with E-state index in [9.17, 15) is 4.79 Å². The van der Waals surface area contributed by atoms with Crippen LogP contribution in [0.3, 0.4) is 0 Å². The van der Waals surface area contributed by atoms with Crippen molar-refractivity contribution in [1.82, 2.24) is 5.32 Å². The Labute approximate surface area is 121 Å². The van der Waals surface area contributed by atoms with Crippen LogP contribution in [0.1, 0.15) is 51.0 Å². The minimum Gasteiger partial charge on any atom is -0.356 e. The van der Waals surface area contributed by atoms with Gasteiger partial charge in [0.1, 0.15) is 0 Å². The average molecular weight is 282 g/mol. The van der Waals surface area contributed by atoms with Crippen LogP contribution in [-0.2, 0) is 11.2 Å². The first kappa shape index (κ1) is 16.0. The maximum absolute atomic E-state index is 11.6. The Hall–Kier alpha value is -1.02. The molecule has 106 valence electrons. The van der Waals surface area contributed by atoms with E-state index in [0.717, 1.165) is 30.8 Å². The van der Waals surface area contributed by atoms with Gasteiger partial charge in [-0.2, -0.15) is 0 Å². The van der Waals surface area contributed by atoms with Gasteiger partial charge in [0.25, 0.3) is 0 Å². The number of aryl methyl sites for hydroxylation is 1. The van der Waals surface area contributed by atoms with Crippen molar-refractivity contribution in [2.45, 2.75) is 51.9 Å². The summed E-state index contributed by atoms with van der Waals surface area (Å²) in [6, 6.07) is 7.82. The van der Waals surface area contributed by atoms with Crippen molar-refractivity contribution in [2.24, 2.45) is 0 Å². The summed E-state index contributed by atoms with van der Waals surface area (Å²) in [6.07, 6.45) is 7.22. The molecule has 3 heteroatoms. The van der Waals surface area contributed by atoms with Crippen LogP contribution >= 0.6 is 11.6 Å². The zero-order chi connectivity index (χ0) is 13.9. The fraction of sp³-hybridized carbons (Fsp3) is 0.562. The fourth-order valence-corrected chi connectivity index (χ4v) is 2.10. The van der Waals surface area contributed by atoms with E-state index in [1.807, 2.05) is 24.3 Å². The lowest BCUT2D eigenvalue weighted by atomic mass is 10.1. The first-order chi connectivity index (χ1) is 9.22. The monoisotopic (exact) mass is 281 g/mol. The summed E-state index contributed by atoms with van der Waals surface area (Å²) < 4.78 is 0. The van der Waals surface area contributed by atoms with Gasteiger partial charge in [0, 0.05) is 18.0 Å². The molecule has 0 unspecified atom stereocenters. The van der Waals surface area contributed by atoms with Crippen molar-refractivity contribution in [3.63, 3.8) is 0 Å². The Bertz CT molecular complexity index is 362. The molecule has 0 aliphatic rings. The highest BCUT2D eigenvalue weighted by Gasteiger charge is 2.01. The van der Waals surface area contributed by atoms with Gasteiger partial charge in [-0.25, -0.2) is 0 Å². The van der Waals surface area contributed by atoms with Crippen molar-refractivity contribution in [1.29, 1.82) is 0 Å². The van der Waals surface area contributed by atoms with Gasteiger partial charge in [-0.05, 0) is 37.0 Å². The molecule has 0 fully saturated rings. The highest BCUT2D eigenvalue weighted by atomic mass is 35.5. The van der Waals surface area contributed by atoms with Gasteiger partial charge in [-0.3, -0.25) is 4.79 Å². The number of benzene rings is 1. The summed E-state index contributed by atoms with van der Waals surface area (Å²) in [7, 11) is 0. The predicted molar refractivity (Wildman–Crippen MR) is 81.5 cm³/mol. The third-order valence-corrected chi connectivity index (χ3v) is 3.39. The van der Waals surface area contributed by atoms with Gasteiger partial charge in [-0.15, -0.1) is 0 Å². The van der Waals surface area contributed by atoms with Crippen LogP contribution in [0.4, 0.5) is 0 Å². The smallest absolute Gasteiger partial charge is 0.220 e. The van der Waals surface area contributed by atoms with E-state index in [0.29, 0.717) is 6.42 Å². The van der Waals surface area contributed by atoms with Gasteiger partial charge < -0.3 is 5.32 Å². The van der Waals surface area contributed by atoms with E-state index in [2.05, 4.69) is 12.2 Å². The Kier molecular flexibility index (Phi) is 8.31. The number of hydrogen-bond acceptors (Lipinski definition) is 1. The van der Waals surface area contributed by atoms with Crippen LogP contribution in [0.15, 0.2) is 24.3 Å². The van der Waals surface area contributed by atoms with Crippen molar-refractivity contribution >= 4 is 17.5 Å². The molecule has 0 saturated heterocycles. The average Bonchev–Trinajstić information content (AvgIpc) is 2.41. The molecule has 0 saturated carbocycles. The van der Waals surface area contributed by atoms with Gasteiger partial charge in [0.15, 0.2) is 0 Å². The zero-order valence-electron chi connectivity index (χ0n) is 11.8. The van der Waals surface area contributed by atoms with E-state index in [1.54, 1.807) is 0 Å².